The average molecular weight is 124 g/mol. The first kappa shape index (κ1) is 5.21. The fraction of sp³-hybridized carbons (Fsp3) is 0.429. The Hall–Kier alpha value is -0.600. The molecule has 0 spiro atoms. The molecule has 2 heteroatoms. The Labute approximate surface area is 53.7 Å². The van der Waals surface area contributed by atoms with Crippen molar-refractivity contribution < 1.29 is 9.78 Å². The fourth-order valence-electron chi connectivity index (χ4n) is 1.21. The van der Waals surface area contributed by atoms with Gasteiger partial charge in [0.15, 0.2) is 0 Å². The van der Waals surface area contributed by atoms with Crippen LogP contribution in [0.2, 0.25) is 0 Å². The van der Waals surface area contributed by atoms with Gasteiger partial charge in [-0.25, -0.2) is 9.78 Å². The minimum atomic E-state index is 0.111. The summed E-state index contributed by atoms with van der Waals surface area (Å²) in [6.45, 7) is 2.00. The second kappa shape index (κ2) is 1.69. The standard InChI is InChI=1S/C7H8O2/c1-2-5-6-3-4-7(5)9-8-6/h2-4,6-7H,1H3. The highest BCUT2D eigenvalue weighted by molar-refractivity contribution is 5.32. The van der Waals surface area contributed by atoms with Crippen molar-refractivity contribution in [3.05, 3.63) is 23.8 Å². The van der Waals surface area contributed by atoms with E-state index in [1.54, 1.807) is 0 Å². The number of hydrogen-bond acceptors (Lipinski definition) is 2. The van der Waals surface area contributed by atoms with Crippen LogP contribution in [0.4, 0.5) is 0 Å². The summed E-state index contributed by atoms with van der Waals surface area (Å²) in [7, 11) is 0. The molecule has 1 saturated heterocycles. The molecule has 2 rings (SSSR count). The van der Waals surface area contributed by atoms with Gasteiger partial charge < -0.3 is 0 Å². The van der Waals surface area contributed by atoms with E-state index in [1.807, 2.05) is 25.2 Å². The van der Waals surface area contributed by atoms with Crippen molar-refractivity contribution in [1.29, 1.82) is 0 Å². The van der Waals surface area contributed by atoms with E-state index in [2.05, 4.69) is 0 Å². The molecule has 2 unspecified atom stereocenters. The molecule has 1 aliphatic carbocycles. The number of fused-ring (bicyclic) bond motifs is 2. The molecule has 9 heavy (non-hydrogen) atoms. The van der Waals surface area contributed by atoms with Crippen molar-refractivity contribution >= 4 is 0 Å². The smallest absolute Gasteiger partial charge is 0.135 e. The van der Waals surface area contributed by atoms with Crippen LogP contribution in [0.15, 0.2) is 23.8 Å². The van der Waals surface area contributed by atoms with Gasteiger partial charge in [0.2, 0.25) is 0 Å². The highest BCUT2D eigenvalue weighted by Gasteiger charge is 2.34. The van der Waals surface area contributed by atoms with Gasteiger partial charge >= 0.3 is 0 Å². The molecule has 2 aliphatic rings. The molecule has 2 atom stereocenters. The predicted molar refractivity (Wildman–Crippen MR) is 32.6 cm³/mol. The maximum atomic E-state index is 4.90. The fourth-order valence-corrected chi connectivity index (χ4v) is 1.21. The molecule has 1 heterocycles. The van der Waals surface area contributed by atoms with Crippen LogP contribution in [0.25, 0.3) is 0 Å². The van der Waals surface area contributed by atoms with E-state index in [1.165, 1.54) is 5.57 Å². The lowest BCUT2D eigenvalue weighted by Gasteiger charge is -1.99. The van der Waals surface area contributed by atoms with Gasteiger partial charge in [-0.15, -0.1) is 0 Å². The van der Waals surface area contributed by atoms with Gasteiger partial charge in [-0.2, -0.15) is 0 Å². The number of rotatable bonds is 0. The molecule has 0 amide bonds. The zero-order valence-corrected chi connectivity index (χ0v) is 5.20. The Morgan fingerprint density at radius 3 is 2.11 bits per heavy atom. The molecule has 0 saturated carbocycles. The molecule has 2 nitrogen and oxygen atoms in total. The van der Waals surface area contributed by atoms with Crippen LogP contribution in [-0.2, 0) is 9.78 Å². The minimum Gasteiger partial charge on any atom is -0.224 e. The normalized spacial score (nSPS) is 38.1. The quantitative estimate of drug-likeness (QED) is 0.357. The Balaban J connectivity index is 2.35. The maximum Gasteiger partial charge on any atom is 0.135 e. The Kier molecular flexibility index (Phi) is 0.976. The van der Waals surface area contributed by atoms with E-state index in [0.717, 1.165) is 0 Å². The second-order valence-electron chi connectivity index (χ2n) is 2.21. The van der Waals surface area contributed by atoms with Gasteiger partial charge in [0.05, 0.1) is 0 Å². The van der Waals surface area contributed by atoms with Crippen LogP contribution in [0.1, 0.15) is 6.92 Å². The van der Waals surface area contributed by atoms with Crippen LogP contribution in [0, 0.1) is 0 Å². The lowest BCUT2D eigenvalue weighted by Crippen LogP contribution is -1.99. The highest BCUT2D eigenvalue weighted by atomic mass is 17.2. The van der Waals surface area contributed by atoms with Crippen molar-refractivity contribution in [3.8, 4) is 0 Å². The molecule has 2 bridgehead atoms. The molecule has 0 aromatic carbocycles. The van der Waals surface area contributed by atoms with E-state index in [-0.39, 0.29) is 12.2 Å². The summed E-state index contributed by atoms with van der Waals surface area (Å²) < 4.78 is 0. The molecule has 0 radical (unpaired) electrons. The van der Waals surface area contributed by atoms with Gasteiger partial charge in [0.1, 0.15) is 12.2 Å². The van der Waals surface area contributed by atoms with Gasteiger partial charge in [-0.05, 0) is 24.6 Å². The third kappa shape index (κ3) is 0.573. The Bertz CT molecular complexity index is 165. The summed E-state index contributed by atoms with van der Waals surface area (Å²) >= 11 is 0. The average Bonchev–Trinajstić information content (AvgIpc) is 2.44. The summed E-state index contributed by atoms with van der Waals surface area (Å²) in [5.74, 6) is 0. The third-order valence-electron chi connectivity index (χ3n) is 1.71. The van der Waals surface area contributed by atoms with E-state index < -0.39 is 0 Å². The lowest BCUT2D eigenvalue weighted by atomic mass is 10.1. The predicted octanol–water partition coefficient (Wildman–Crippen LogP) is 1.20. The van der Waals surface area contributed by atoms with Gasteiger partial charge in [0.25, 0.3) is 0 Å². The summed E-state index contributed by atoms with van der Waals surface area (Å²) in [5, 5.41) is 0. The van der Waals surface area contributed by atoms with E-state index in [9.17, 15) is 0 Å². The monoisotopic (exact) mass is 124 g/mol. The Morgan fingerprint density at radius 2 is 1.89 bits per heavy atom. The molecule has 48 valence electrons. The SMILES string of the molecule is CC=C1C2C=CC1OO2. The third-order valence-corrected chi connectivity index (χ3v) is 1.71. The van der Waals surface area contributed by atoms with Crippen LogP contribution in [0.5, 0.6) is 0 Å². The van der Waals surface area contributed by atoms with E-state index in [4.69, 9.17) is 9.78 Å². The van der Waals surface area contributed by atoms with Crippen LogP contribution in [0.3, 0.4) is 0 Å². The zero-order valence-electron chi connectivity index (χ0n) is 5.20. The number of hydrogen-bond donors (Lipinski definition) is 0. The summed E-state index contributed by atoms with van der Waals surface area (Å²) in [4.78, 5) is 9.80. The largest absolute Gasteiger partial charge is 0.224 e. The highest BCUT2D eigenvalue weighted by Crippen LogP contribution is 2.31. The van der Waals surface area contributed by atoms with Crippen LogP contribution in [-0.4, -0.2) is 12.2 Å². The van der Waals surface area contributed by atoms with Crippen molar-refractivity contribution in [2.24, 2.45) is 0 Å². The lowest BCUT2D eigenvalue weighted by molar-refractivity contribution is -0.286. The van der Waals surface area contributed by atoms with Crippen molar-refractivity contribution in [1.82, 2.24) is 0 Å². The molecule has 1 fully saturated rings. The molecule has 0 aromatic rings. The number of allylic oxidation sites excluding steroid dienone is 1. The van der Waals surface area contributed by atoms with Crippen molar-refractivity contribution in [2.75, 3.05) is 0 Å². The first-order valence-electron chi connectivity index (χ1n) is 3.08. The maximum absolute atomic E-state index is 4.90. The Morgan fingerprint density at radius 1 is 1.33 bits per heavy atom. The van der Waals surface area contributed by atoms with E-state index in [0.29, 0.717) is 0 Å². The van der Waals surface area contributed by atoms with Gasteiger partial charge in [-0.3, -0.25) is 0 Å². The van der Waals surface area contributed by atoms with Crippen molar-refractivity contribution in [2.45, 2.75) is 19.1 Å². The first-order chi connectivity index (χ1) is 4.42. The molecular weight excluding hydrogens is 116 g/mol. The summed E-state index contributed by atoms with van der Waals surface area (Å²) in [6, 6.07) is 0. The second-order valence-corrected chi connectivity index (χ2v) is 2.21. The molecule has 0 aromatic heterocycles. The molecule has 1 aliphatic heterocycles. The van der Waals surface area contributed by atoms with Gasteiger partial charge in [-0.1, -0.05) is 6.08 Å². The van der Waals surface area contributed by atoms with Crippen molar-refractivity contribution in [3.63, 3.8) is 0 Å². The molecular formula is C7H8O2. The minimum absolute atomic E-state index is 0.111. The van der Waals surface area contributed by atoms with Crippen LogP contribution < -0.4 is 0 Å². The topological polar surface area (TPSA) is 18.5 Å². The zero-order chi connectivity index (χ0) is 6.27. The first-order valence-corrected chi connectivity index (χ1v) is 3.08. The van der Waals surface area contributed by atoms with E-state index >= 15 is 0 Å². The summed E-state index contributed by atoms with van der Waals surface area (Å²) in [6.07, 6.45) is 6.30. The van der Waals surface area contributed by atoms with Crippen LogP contribution >= 0.6 is 0 Å². The molecule has 0 N–H and O–H groups in total. The van der Waals surface area contributed by atoms with Gasteiger partial charge in [0, 0.05) is 0 Å². The summed E-state index contributed by atoms with van der Waals surface area (Å²) in [5.41, 5.74) is 1.23.